The molecule has 0 fully saturated rings. The third-order valence-corrected chi connectivity index (χ3v) is 19.3. The quantitative estimate of drug-likeness (QED) is 0.0886. The maximum Gasteiger partial charge on any atom is 0.124 e. The van der Waals surface area contributed by atoms with Crippen LogP contribution in [0.4, 0.5) is 0 Å². The second-order valence-electron chi connectivity index (χ2n) is 12.4. The van der Waals surface area contributed by atoms with E-state index in [4.69, 9.17) is 0 Å². The van der Waals surface area contributed by atoms with Crippen LogP contribution in [-0.2, 0) is 0 Å². The van der Waals surface area contributed by atoms with Gasteiger partial charge in [-0.2, -0.15) is 0 Å². The van der Waals surface area contributed by atoms with Crippen molar-refractivity contribution in [3.05, 3.63) is 0 Å². The summed E-state index contributed by atoms with van der Waals surface area (Å²) >= 11 is 0. The molecule has 0 aromatic carbocycles. The number of hydrogen-bond acceptors (Lipinski definition) is 2. The molecule has 2 unspecified atom stereocenters. The predicted molar refractivity (Wildman–Crippen MR) is 164 cm³/mol. The van der Waals surface area contributed by atoms with Crippen LogP contribution < -0.4 is 0 Å². The van der Waals surface area contributed by atoms with Crippen LogP contribution in [0, 0.1) is 0 Å². The Labute approximate surface area is 220 Å². The van der Waals surface area contributed by atoms with Gasteiger partial charge in [-0.15, -0.1) is 0 Å². The zero-order chi connectivity index (χ0) is 25.7. The average molecular weight is 513 g/mol. The molecule has 0 amide bonds. The zero-order valence-corrected chi connectivity index (χ0v) is 27.5. The van der Waals surface area contributed by atoms with Crippen molar-refractivity contribution in [1.82, 2.24) is 9.13 Å². The molecular weight excluding hydrogens is 445 g/mol. The molecule has 0 N–H and O–H groups in total. The fourth-order valence-electron chi connectivity index (χ4n) is 5.29. The average Bonchev–Trinajstić information content (AvgIpc) is 2.81. The highest BCUT2D eigenvalue weighted by Crippen LogP contribution is 2.31. The molecule has 0 aromatic rings. The molecule has 0 radical (unpaired) electrons. The second-order valence-corrected chi connectivity index (χ2v) is 22.2. The van der Waals surface area contributed by atoms with E-state index in [2.05, 4.69) is 64.3 Å². The summed E-state index contributed by atoms with van der Waals surface area (Å²) in [6.45, 7) is 9.96. The topological polar surface area (TPSA) is 6.48 Å². The molecule has 0 heterocycles. The van der Waals surface area contributed by atoms with Crippen LogP contribution in [0.15, 0.2) is 0 Å². The largest absolute Gasteiger partial charge is 0.329 e. The summed E-state index contributed by atoms with van der Waals surface area (Å²) in [7, 11) is 6.91. The highest BCUT2D eigenvalue weighted by Gasteiger charge is 2.36. The summed E-state index contributed by atoms with van der Waals surface area (Å²) in [4.78, 5) is 0. The SMILES string of the molecule is CCCCCCCCCCCCCCCCCC[Si](C)(CC[Si](C)(CCCC)N(C)C)N(C)C. The van der Waals surface area contributed by atoms with Gasteiger partial charge in [0.2, 0.25) is 0 Å². The van der Waals surface area contributed by atoms with E-state index < -0.39 is 16.5 Å². The molecule has 4 heteroatoms. The van der Waals surface area contributed by atoms with Crippen LogP contribution in [0.25, 0.3) is 0 Å². The molecule has 0 aliphatic rings. The standard InChI is InChI=1S/C30H68N2Si2/c1-9-11-13-14-15-16-17-18-19-20-21-22-23-24-25-26-28-34(8,32(5)6)30-29-33(7,31(3)4)27-12-10-2/h9-30H2,1-8H3. The predicted octanol–water partition coefficient (Wildman–Crippen LogP) is 10.3. The molecule has 34 heavy (non-hydrogen) atoms. The Morgan fingerprint density at radius 3 is 0.912 bits per heavy atom. The Hall–Kier alpha value is 0.354. The molecular formula is C30H68N2Si2. The van der Waals surface area contributed by atoms with E-state index in [1.165, 1.54) is 140 Å². The van der Waals surface area contributed by atoms with Crippen LogP contribution in [0.5, 0.6) is 0 Å². The van der Waals surface area contributed by atoms with Gasteiger partial charge in [0.15, 0.2) is 0 Å². The van der Waals surface area contributed by atoms with Crippen molar-refractivity contribution < 1.29 is 0 Å². The van der Waals surface area contributed by atoms with Crippen LogP contribution in [0.3, 0.4) is 0 Å². The lowest BCUT2D eigenvalue weighted by Gasteiger charge is -2.40. The van der Waals surface area contributed by atoms with Crippen molar-refractivity contribution in [2.45, 2.75) is 167 Å². The van der Waals surface area contributed by atoms with Crippen molar-refractivity contribution in [3.8, 4) is 0 Å². The van der Waals surface area contributed by atoms with Gasteiger partial charge in [-0.3, -0.25) is 0 Å². The summed E-state index contributed by atoms with van der Waals surface area (Å²) in [5, 5.41) is 0. The van der Waals surface area contributed by atoms with E-state index in [0.717, 1.165) is 0 Å². The molecule has 2 nitrogen and oxygen atoms in total. The fraction of sp³-hybridized carbons (Fsp3) is 1.00. The first-order chi connectivity index (χ1) is 16.2. The van der Waals surface area contributed by atoms with Crippen molar-refractivity contribution in [3.63, 3.8) is 0 Å². The minimum Gasteiger partial charge on any atom is -0.329 e. The van der Waals surface area contributed by atoms with E-state index in [1.54, 1.807) is 0 Å². The zero-order valence-electron chi connectivity index (χ0n) is 25.5. The molecule has 0 spiro atoms. The summed E-state index contributed by atoms with van der Waals surface area (Å²) < 4.78 is 5.31. The van der Waals surface area contributed by atoms with Gasteiger partial charge in [-0.05, 0) is 52.4 Å². The second kappa shape index (κ2) is 21.4. The van der Waals surface area contributed by atoms with Gasteiger partial charge in [-0.25, -0.2) is 0 Å². The van der Waals surface area contributed by atoms with E-state index in [0.29, 0.717) is 0 Å². The van der Waals surface area contributed by atoms with E-state index in [9.17, 15) is 0 Å². The van der Waals surface area contributed by atoms with Gasteiger partial charge in [0.1, 0.15) is 16.5 Å². The van der Waals surface area contributed by atoms with Gasteiger partial charge in [0, 0.05) is 0 Å². The summed E-state index contributed by atoms with van der Waals surface area (Å²) in [6.07, 6.45) is 26.2. The molecule has 0 rings (SSSR count). The van der Waals surface area contributed by atoms with E-state index >= 15 is 0 Å². The maximum absolute atomic E-state index is 2.67. The third kappa shape index (κ3) is 16.9. The minimum atomic E-state index is -1.29. The van der Waals surface area contributed by atoms with Gasteiger partial charge < -0.3 is 9.13 Å². The Kier molecular flexibility index (Phi) is 21.7. The lowest BCUT2D eigenvalue weighted by molar-refractivity contribution is 0.529. The molecule has 0 aliphatic heterocycles. The Bertz CT molecular complexity index is 444. The smallest absolute Gasteiger partial charge is 0.124 e. The molecule has 0 saturated heterocycles. The molecule has 2 atom stereocenters. The van der Waals surface area contributed by atoms with Crippen LogP contribution in [-0.4, -0.2) is 53.8 Å². The van der Waals surface area contributed by atoms with Crippen LogP contribution in [0.1, 0.15) is 129 Å². The van der Waals surface area contributed by atoms with Crippen molar-refractivity contribution in [2.24, 2.45) is 0 Å². The van der Waals surface area contributed by atoms with E-state index in [1.807, 2.05) is 0 Å². The molecule has 0 bridgehead atoms. The summed E-state index contributed by atoms with van der Waals surface area (Å²) in [6, 6.07) is 5.99. The Morgan fingerprint density at radius 2 is 0.618 bits per heavy atom. The number of nitrogens with zero attached hydrogens (tertiary/aromatic N) is 2. The first kappa shape index (κ1) is 34.4. The Morgan fingerprint density at radius 1 is 0.353 bits per heavy atom. The minimum absolute atomic E-state index is 1.25. The summed E-state index contributed by atoms with van der Waals surface area (Å²) in [5.41, 5.74) is 0. The highest BCUT2D eigenvalue weighted by atomic mass is 28.3. The normalized spacial score (nSPS) is 15.7. The number of hydrogen-bond donors (Lipinski definition) is 0. The first-order valence-electron chi connectivity index (χ1n) is 15.6. The highest BCUT2D eigenvalue weighted by molar-refractivity contribution is 6.81. The monoisotopic (exact) mass is 512 g/mol. The summed E-state index contributed by atoms with van der Waals surface area (Å²) in [5.74, 6) is 0. The van der Waals surface area contributed by atoms with E-state index in [-0.39, 0.29) is 0 Å². The lowest BCUT2D eigenvalue weighted by atomic mass is 10.0. The van der Waals surface area contributed by atoms with Crippen molar-refractivity contribution in [1.29, 1.82) is 0 Å². The number of unbranched alkanes of at least 4 members (excludes halogenated alkanes) is 16. The number of rotatable bonds is 25. The van der Waals surface area contributed by atoms with Crippen molar-refractivity contribution >= 4 is 16.5 Å². The van der Waals surface area contributed by atoms with Crippen LogP contribution in [0.2, 0.25) is 37.3 Å². The van der Waals surface area contributed by atoms with Gasteiger partial charge in [-0.1, -0.05) is 143 Å². The van der Waals surface area contributed by atoms with Gasteiger partial charge >= 0.3 is 0 Å². The lowest BCUT2D eigenvalue weighted by Crippen LogP contribution is -2.51. The van der Waals surface area contributed by atoms with Crippen molar-refractivity contribution in [2.75, 3.05) is 28.2 Å². The maximum atomic E-state index is 2.67. The van der Waals surface area contributed by atoms with Crippen LogP contribution >= 0.6 is 0 Å². The molecule has 0 aromatic heterocycles. The molecule has 0 aliphatic carbocycles. The Balaban J connectivity index is 3.88. The molecule has 206 valence electrons. The van der Waals surface area contributed by atoms with Gasteiger partial charge in [0.05, 0.1) is 0 Å². The third-order valence-electron chi connectivity index (χ3n) is 9.00. The molecule has 0 saturated carbocycles. The first-order valence-corrected chi connectivity index (χ1v) is 21.3. The fourth-order valence-corrected chi connectivity index (χ4v) is 14.0. The van der Waals surface area contributed by atoms with Gasteiger partial charge in [0.25, 0.3) is 0 Å².